The predicted octanol–water partition coefficient (Wildman–Crippen LogP) is 3.78. The van der Waals surface area contributed by atoms with Crippen LogP contribution in [0.1, 0.15) is 18.4 Å². The average molecular weight is 630 g/mol. The van der Waals surface area contributed by atoms with Crippen molar-refractivity contribution in [3.05, 3.63) is 70.7 Å². The first-order valence-corrected chi connectivity index (χ1v) is 15.3. The molecule has 0 radical (unpaired) electrons. The van der Waals surface area contributed by atoms with Crippen LogP contribution in [0.15, 0.2) is 70.0 Å². The Labute approximate surface area is 242 Å². The van der Waals surface area contributed by atoms with Crippen molar-refractivity contribution < 1.29 is 18.3 Å². The van der Waals surface area contributed by atoms with E-state index in [9.17, 15) is 8.42 Å². The van der Waals surface area contributed by atoms with Gasteiger partial charge in [-0.15, -0.1) is 10.2 Å². The summed E-state index contributed by atoms with van der Waals surface area (Å²) in [6.45, 7) is 5.60. The zero-order valence-corrected chi connectivity index (χ0v) is 24.7. The largest absolute Gasteiger partial charge is 0.490 e. The number of aromatic nitrogens is 3. The molecule has 5 rings (SSSR count). The van der Waals surface area contributed by atoms with Crippen LogP contribution in [-0.2, 0) is 10.0 Å². The van der Waals surface area contributed by atoms with Gasteiger partial charge in [0.25, 0.3) is 0 Å². The van der Waals surface area contributed by atoms with Gasteiger partial charge in [-0.05, 0) is 74.3 Å². The summed E-state index contributed by atoms with van der Waals surface area (Å²) in [5, 5.41) is 16.9. The maximum atomic E-state index is 12.0. The Balaban J connectivity index is 0.000000189. The fourth-order valence-corrected chi connectivity index (χ4v) is 5.67. The highest BCUT2D eigenvalue weighted by molar-refractivity contribution is 9.10. The monoisotopic (exact) mass is 628 g/mol. The molecule has 1 aromatic heterocycles. The van der Waals surface area contributed by atoms with Gasteiger partial charge < -0.3 is 20.5 Å². The van der Waals surface area contributed by atoms with Crippen molar-refractivity contribution in [2.45, 2.75) is 24.7 Å². The van der Waals surface area contributed by atoms with Crippen molar-refractivity contribution >= 4 is 42.9 Å². The molecule has 0 saturated carbocycles. The highest BCUT2D eigenvalue weighted by Gasteiger charge is 2.16. The molecule has 1 aliphatic heterocycles. The number of nitrogens with one attached hydrogen (secondary N) is 1. The van der Waals surface area contributed by atoms with Gasteiger partial charge >= 0.3 is 0 Å². The summed E-state index contributed by atoms with van der Waals surface area (Å²) in [6, 6.07) is 18.3. The molecule has 0 unspecified atom stereocenters. The number of halogens is 1. The lowest BCUT2D eigenvalue weighted by Crippen LogP contribution is -2.33. The van der Waals surface area contributed by atoms with E-state index < -0.39 is 10.0 Å². The van der Waals surface area contributed by atoms with Gasteiger partial charge in [-0.1, -0.05) is 40.2 Å². The number of anilines is 1. The van der Waals surface area contributed by atoms with Crippen LogP contribution in [0, 0.1) is 6.92 Å². The third-order valence-corrected chi connectivity index (χ3v) is 8.40. The fourth-order valence-electron chi connectivity index (χ4n) is 4.38. The standard InChI is InChI=1S/C16H16N4O2.C12H17BrN2O2S/c1-10-4-2-3-5-11(10)12-8-14-13(18-16(17)20-19-14)9-15(12)22-7-6-21;13-11-3-5-12(6-4-11)18(16,17)14-7-10-15-8-1-2-9-15/h2-5,8-9,21H,6-7H2,1H3,(H2,17,18,20);3-6,14H,1-2,7-10H2. The summed E-state index contributed by atoms with van der Waals surface area (Å²) >= 11 is 3.29. The summed E-state index contributed by atoms with van der Waals surface area (Å²) < 4.78 is 33.1. The molecule has 0 atom stereocenters. The van der Waals surface area contributed by atoms with Crippen LogP contribution in [-0.4, -0.2) is 73.0 Å². The number of nitrogen functional groups attached to an aromatic ring is 1. The molecule has 1 saturated heterocycles. The first-order chi connectivity index (χ1) is 19.3. The maximum Gasteiger partial charge on any atom is 0.240 e. The van der Waals surface area contributed by atoms with E-state index in [1.165, 1.54) is 12.8 Å². The van der Waals surface area contributed by atoms with Gasteiger partial charge in [0.15, 0.2) is 0 Å². The summed E-state index contributed by atoms with van der Waals surface area (Å²) in [4.78, 5) is 6.76. The number of aliphatic hydroxyl groups excluding tert-OH is 1. The number of ether oxygens (including phenoxy) is 1. The minimum absolute atomic E-state index is 0.0601. The van der Waals surface area contributed by atoms with Gasteiger partial charge in [0.1, 0.15) is 17.9 Å². The number of rotatable bonds is 9. The summed E-state index contributed by atoms with van der Waals surface area (Å²) in [5.41, 5.74) is 9.88. The van der Waals surface area contributed by atoms with E-state index in [1.807, 2.05) is 37.3 Å². The third-order valence-electron chi connectivity index (χ3n) is 6.40. The molecule has 4 N–H and O–H groups in total. The number of likely N-dealkylation sites (tertiary alicyclic amines) is 1. The van der Waals surface area contributed by atoms with E-state index in [0.717, 1.165) is 40.8 Å². The smallest absolute Gasteiger partial charge is 0.240 e. The first-order valence-electron chi connectivity index (χ1n) is 13.0. The topological polar surface area (TPSA) is 144 Å². The van der Waals surface area contributed by atoms with Gasteiger partial charge in [-0.3, -0.25) is 0 Å². The summed E-state index contributed by atoms with van der Waals surface area (Å²) in [6.07, 6.45) is 2.44. The molecule has 3 aromatic carbocycles. The lowest BCUT2D eigenvalue weighted by atomic mass is 9.99. The number of aliphatic hydroxyl groups is 1. The number of sulfonamides is 1. The summed E-state index contributed by atoms with van der Waals surface area (Å²) in [7, 11) is -3.37. The van der Waals surface area contributed by atoms with Gasteiger partial charge in [0, 0.05) is 29.2 Å². The molecule has 212 valence electrons. The molecule has 0 amide bonds. The lowest BCUT2D eigenvalue weighted by Gasteiger charge is -2.14. The van der Waals surface area contributed by atoms with Crippen LogP contribution in [0.4, 0.5) is 5.95 Å². The molecule has 12 heteroatoms. The molecule has 1 aliphatic rings. The molecule has 40 heavy (non-hydrogen) atoms. The molecule has 1 fully saturated rings. The zero-order valence-electron chi connectivity index (χ0n) is 22.3. The van der Waals surface area contributed by atoms with E-state index in [2.05, 4.69) is 40.7 Å². The van der Waals surface area contributed by atoms with Crippen molar-refractivity contribution in [2.75, 3.05) is 45.1 Å². The number of hydrogen-bond acceptors (Lipinski definition) is 9. The molecule has 10 nitrogen and oxygen atoms in total. The van der Waals surface area contributed by atoms with Gasteiger partial charge in [0.05, 0.1) is 17.0 Å². The Morgan fingerprint density at radius 2 is 1.75 bits per heavy atom. The third kappa shape index (κ3) is 7.95. The maximum absolute atomic E-state index is 12.0. The SMILES string of the molecule is Cc1ccccc1-c1cc2nnc(N)nc2cc1OCCO.O=S(=O)(NCCN1CCCC1)c1ccc(Br)cc1. The van der Waals surface area contributed by atoms with Crippen LogP contribution in [0.5, 0.6) is 5.75 Å². The highest BCUT2D eigenvalue weighted by atomic mass is 79.9. The van der Waals surface area contributed by atoms with E-state index >= 15 is 0 Å². The van der Waals surface area contributed by atoms with Gasteiger partial charge in [0.2, 0.25) is 16.0 Å². The number of aryl methyl sites for hydroxylation is 1. The van der Waals surface area contributed by atoms with E-state index in [0.29, 0.717) is 28.2 Å². The van der Waals surface area contributed by atoms with Crippen molar-refractivity contribution in [2.24, 2.45) is 0 Å². The van der Waals surface area contributed by atoms with Crippen LogP contribution in [0.25, 0.3) is 22.2 Å². The Morgan fingerprint density at radius 3 is 2.45 bits per heavy atom. The molecular formula is C28H33BrN6O4S. The second-order valence-corrected chi connectivity index (χ2v) is 12.0. The van der Waals surface area contributed by atoms with Gasteiger partial charge in [-0.2, -0.15) is 0 Å². The van der Waals surface area contributed by atoms with E-state index in [1.54, 1.807) is 30.3 Å². The minimum atomic E-state index is -3.37. The number of benzene rings is 3. The quantitative estimate of drug-likeness (QED) is 0.252. The van der Waals surface area contributed by atoms with Crippen molar-refractivity contribution in [3.63, 3.8) is 0 Å². The average Bonchev–Trinajstić information content (AvgIpc) is 3.46. The van der Waals surface area contributed by atoms with E-state index in [-0.39, 0.29) is 19.2 Å². The lowest BCUT2D eigenvalue weighted by molar-refractivity contribution is 0.202. The van der Waals surface area contributed by atoms with Crippen molar-refractivity contribution in [1.29, 1.82) is 0 Å². The highest BCUT2D eigenvalue weighted by Crippen LogP contribution is 2.35. The van der Waals surface area contributed by atoms with Crippen LogP contribution < -0.4 is 15.2 Å². The Morgan fingerprint density at radius 1 is 1.02 bits per heavy atom. The van der Waals surface area contributed by atoms with Crippen LogP contribution in [0.2, 0.25) is 0 Å². The molecule has 0 spiro atoms. The van der Waals surface area contributed by atoms with Crippen molar-refractivity contribution in [3.8, 4) is 16.9 Å². The first kappa shape index (κ1) is 29.8. The van der Waals surface area contributed by atoms with Gasteiger partial charge in [-0.25, -0.2) is 18.1 Å². The number of nitrogens with two attached hydrogens (primary N) is 1. The zero-order chi connectivity index (χ0) is 28.5. The Bertz CT molecular complexity index is 1530. The van der Waals surface area contributed by atoms with Crippen LogP contribution in [0.3, 0.4) is 0 Å². The Kier molecular flexibility index (Phi) is 10.4. The number of hydrogen-bond donors (Lipinski definition) is 3. The number of fused-ring (bicyclic) bond motifs is 1. The molecule has 2 heterocycles. The summed E-state index contributed by atoms with van der Waals surface area (Å²) in [5.74, 6) is 0.750. The second-order valence-electron chi connectivity index (χ2n) is 9.29. The van der Waals surface area contributed by atoms with E-state index in [4.69, 9.17) is 15.6 Å². The molecule has 0 bridgehead atoms. The van der Waals surface area contributed by atoms with Crippen molar-refractivity contribution in [1.82, 2.24) is 24.8 Å². The Hall–Kier alpha value is -3.16. The molecule has 0 aliphatic carbocycles. The normalized spacial score (nSPS) is 13.7. The number of nitrogens with zero attached hydrogens (tertiary/aromatic N) is 4. The fraction of sp³-hybridized carbons (Fsp3) is 0.321. The minimum Gasteiger partial charge on any atom is -0.490 e. The second kappa shape index (κ2) is 14.0. The molecule has 4 aromatic rings. The van der Waals surface area contributed by atoms with Crippen LogP contribution >= 0.6 is 15.9 Å². The molecular weight excluding hydrogens is 596 g/mol. The predicted molar refractivity (Wildman–Crippen MR) is 160 cm³/mol.